The summed E-state index contributed by atoms with van der Waals surface area (Å²) < 4.78 is 4.78. The number of hydrogen-bond acceptors (Lipinski definition) is 5. The molecule has 2 rings (SSSR count). The summed E-state index contributed by atoms with van der Waals surface area (Å²) in [5.41, 5.74) is 0.201. The highest BCUT2D eigenvalue weighted by molar-refractivity contribution is 8.04. The third kappa shape index (κ3) is 2.32. The molecule has 2 heterocycles. The summed E-state index contributed by atoms with van der Waals surface area (Å²) in [4.78, 5) is 27.2. The molecule has 96 valence electrons. The number of aliphatic imine (C=N–C) groups is 1. The van der Waals surface area contributed by atoms with Crippen LogP contribution in [0.2, 0.25) is 0 Å². The summed E-state index contributed by atoms with van der Waals surface area (Å²) in [6, 6.07) is 0. The third-order valence-corrected chi connectivity index (χ3v) is 3.52. The van der Waals surface area contributed by atoms with Crippen LogP contribution in [0.25, 0.3) is 0 Å². The Morgan fingerprint density at radius 2 is 2.44 bits per heavy atom. The van der Waals surface area contributed by atoms with Crippen molar-refractivity contribution in [2.24, 2.45) is 4.99 Å². The van der Waals surface area contributed by atoms with Gasteiger partial charge in [-0.3, -0.25) is 9.59 Å². The summed E-state index contributed by atoms with van der Waals surface area (Å²) in [6.07, 6.45) is 1.66. The Labute approximate surface area is 108 Å². The normalized spacial score (nSPS) is 21.9. The highest BCUT2D eigenvalue weighted by Crippen LogP contribution is 2.32. The molecule has 2 amide bonds. The Hall–Kier alpha value is -1.60. The summed E-state index contributed by atoms with van der Waals surface area (Å²) in [5, 5.41) is 13.7. The predicted octanol–water partition coefficient (Wildman–Crippen LogP) is 0.171. The number of rotatable bonds is 4. The van der Waals surface area contributed by atoms with Gasteiger partial charge in [-0.15, -0.1) is 11.8 Å². The molecule has 0 aromatic carbocycles. The van der Waals surface area contributed by atoms with Gasteiger partial charge in [0.2, 0.25) is 0 Å². The Morgan fingerprint density at radius 1 is 1.67 bits per heavy atom. The van der Waals surface area contributed by atoms with Gasteiger partial charge in [0.25, 0.3) is 11.8 Å². The first kappa shape index (κ1) is 12.8. The number of dihydropyridines is 1. The zero-order valence-electron chi connectivity index (χ0n) is 9.67. The van der Waals surface area contributed by atoms with Crippen molar-refractivity contribution in [3.05, 3.63) is 22.8 Å². The van der Waals surface area contributed by atoms with E-state index in [0.717, 1.165) is 0 Å². The maximum Gasteiger partial charge on any atom is 0.286 e. The van der Waals surface area contributed by atoms with E-state index in [4.69, 9.17) is 4.74 Å². The number of methoxy groups -OCH3 is 1. The second kappa shape index (κ2) is 5.36. The lowest BCUT2D eigenvalue weighted by Gasteiger charge is -2.17. The van der Waals surface area contributed by atoms with Crippen molar-refractivity contribution < 1.29 is 19.4 Å². The van der Waals surface area contributed by atoms with Gasteiger partial charge in [-0.1, -0.05) is 0 Å². The molecule has 0 fully saturated rings. The second-order valence-electron chi connectivity index (χ2n) is 3.67. The van der Waals surface area contributed by atoms with Crippen molar-refractivity contribution in [1.82, 2.24) is 5.32 Å². The number of amides is 2. The highest BCUT2D eigenvalue weighted by atomic mass is 32.2. The largest absolute Gasteiger partial charge is 0.510 e. The van der Waals surface area contributed by atoms with Crippen LogP contribution in [0.1, 0.15) is 0 Å². The molecule has 18 heavy (non-hydrogen) atoms. The molecule has 0 saturated carbocycles. The number of carbonyl (C=O) groups is 2. The van der Waals surface area contributed by atoms with Crippen molar-refractivity contribution in [2.75, 3.05) is 20.3 Å². The fourth-order valence-electron chi connectivity index (χ4n) is 1.63. The van der Waals surface area contributed by atoms with Crippen LogP contribution in [0.4, 0.5) is 0 Å². The second-order valence-corrected chi connectivity index (χ2v) is 4.69. The molecule has 2 N–H and O–H groups in total. The first-order chi connectivity index (χ1) is 8.65. The SMILES string of the molecule is COCCNC(=O)C1=C(O)C2SC=CC2=NC1=O. The zero-order chi connectivity index (χ0) is 13.1. The quantitative estimate of drug-likeness (QED) is 0.560. The van der Waals surface area contributed by atoms with Crippen LogP contribution in [0.5, 0.6) is 0 Å². The van der Waals surface area contributed by atoms with Crippen LogP contribution in [-0.4, -0.2) is 48.1 Å². The van der Waals surface area contributed by atoms with Gasteiger partial charge in [-0.25, -0.2) is 4.99 Å². The van der Waals surface area contributed by atoms with Crippen molar-refractivity contribution in [3.63, 3.8) is 0 Å². The topological polar surface area (TPSA) is 88.0 Å². The fourth-order valence-corrected chi connectivity index (χ4v) is 2.52. The molecule has 0 aliphatic carbocycles. The van der Waals surface area contributed by atoms with Crippen molar-refractivity contribution in [1.29, 1.82) is 0 Å². The van der Waals surface area contributed by atoms with E-state index in [2.05, 4.69) is 10.3 Å². The lowest BCUT2D eigenvalue weighted by molar-refractivity contribution is -0.122. The number of allylic oxidation sites excluding steroid dienone is 1. The first-order valence-electron chi connectivity index (χ1n) is 5.30. The van der Waals surface area contributed by atoms with Gasteiger partial charge >= 0.3 is 0 Å². The van der Waals surface area contributed by atoms with Gasteiger partial charge in [0.05, 0.1) is 12.3 Å². The average Bonchev–Trinajstić information content (AvgIpc) is 2.77. The lowest BCUT2D eigenvalue weighted by Crippen LogP contribution is -2.36. The molecule has 1 unspecified atom stereocenters. The van der Waals surface area contributed by atoms with E-state index in [1.54, 1.807) is 11.5 Å². The van der Waals surface area contributed by atoms with Crippen LogP contribution in [0, 0.1) is 0 Å². The minimum Gasteiger partial charge on any atom is -0.510 e. The molecule has 2 aliphatic rings. The van der Waals surface area contributed by atoms with Crippen molar-refractivity contribution in [3.8, 4) is 0 Å². The molecule has 1 atom stereocenters. The zero-order valence-corrected chi connectivity index (χ0v) is 10.5. The molecule has 0 saturated heterocycles. The molecule has 0 aromatic rings. The molecule has 2 aliphatic heterocycles. The van der Waals surface area contributed by atoms with E-state index in [1.807, 2.05) is 0 Å². The lowest BCUT2D eigenvalue weighted by atomic mass is 10.1. The summed E-state index contributed by atoms with van der Waals surface area (Å²) >= 11 is 1.31. The number of ether oxygens (including phenoxy) is 1. The fraction of sp³-hybridized carbons (Fsp3) is 0.364. The maximum atomic E-state index is 11.8. The van der Waals surface area contributed by atoms with Crippen LogP contribution in [0.15, 0.2) is 27.8 Å². The Bertz CT molecular complexity index is 481. The standard InChI is InChI=1S/C11H12N2O4S/c1-17-4-3-12-10(15)7-8(14)9-6(2-5-18-9)13-11(7)16/h2,5,9,14H,3-4H2,1H3,(H,12,15). The molecule has 6 nitrogen and oxygen atoms in total. The number of thioether (sulfide) groups is 1. The van der Waals surface area contributed by atoms with Crippen LogP contribution < -0.4 is 5.32 Å². The molecule has 0 spiro atoms. The minimum absolute atomic E-state index is 0.227. The molecule has 7 heteroatoms. The van der Waals surface area contributed by atoms with Crippen LogP contribution >= 0.6 is 11.8 Å². The van der Waals surface area contributed by atoms with Crippen LogP contribution in [0.3, 0.4) is 0 Å². The van der Waals surface area contributed by atoms with Gasteiger partial charge in [0, 0.05) is 13.7 Å². The molecular weight excluding hydrogens is 256 g/mol. The molecule has 0 bridgehead atoms. The van der Waals surface area contributed by atoms with Crippen molar-refractivity contribution in [2.45, 2.75) is 5.25 Å². The predicted molar refractivity (Wildman–Crippen MR) is 67.5 cm³/mol. The molecular formula is C11H12N2O4S. The smallest absolute Gasteiger partial charge is 0.286 e. The Kier molecular flexibility index (Phi) is 3.83. The minimum atomic E-state index is -0.708. The van der Waals surface area contributed by atoms with Crippen molar-refractivity contribution >= 4 is 29.3 Å². The average molecular weight is 268 g/mol. The highest BCUT2D eigenvalue weighted by Gasteiger charge is 2.36. The van der Waals surface area contributed by atoms with Gasteiger partial charge in [-0.2, -0.15) is 0 Å². The van der Waals surface area contributed by atoms with E-state index in [-0.39, 0.29) is 17.9 Å². The number of hydrogen-bond donors (Lipinski definition) is 2. The third-order valence-electron chi connectivity index (χ3n) is 2.49. The number of aliphatic hydroxyl groups excluding tert-OH is 1. The van der Waals surface area contributed by atoms with Gasteiger partial charge in [-0.05, 0) is 11.5 Å². The molecule has 0 aromatic heterocycles. The van der Waals surface area contributed by atoms with E-state index in [0.29, 0.717) is 12.3 Å². The summed E-state index contributed by atoms with van der Waals surface area (Å²) in [6.45, 7) is 0.605. The van der Waals surface area contributed by atoms with Gasteiger partial charge in [0.1, 0.15) is 16.6 Å². The van der Waals surface area contributed by atoms with E-state index < -0.39 is 17.1 Å². The van der Waals surface area contributed by atoms with Gasteiger partial charge in [0.15, 0.2) is 0 Å². The number of nitrogens with one attached hydrogen (secondary N) is 1. The summed E-state index contributed by atoms with van der Waals surface area (Å²) in [5.74, 6) is -1.56. The van der Waals surface area contributed by atoms with Gasteiger partial charge < -0.3 is 15.2 Å². The van der Waals surface area contributed by atoms with E-state index >= 15 is 0 Å². The van der Waals surface area contributed by atoms with E-state index in [9.17, 15) is 14.7 Å². The number of fused-ring (bicyclic) bond motifs is 1. The molecule has 0 radical (unpaired) electrons. The van der Waals surface area contributed by atoms with Crippen LogP contribution in [-0.2, 0) is 14.3 Å². The Balaban J connectivity index is 2.14. The number of carbonyl (C=O) groups excluding carboxylic acids is 2. The number of nitrogens with zero attached hydrogens (tertiary/aromatic N) is 1. The maximum absolute atomic E-state index is 11.8. The first-order valence-corrected chi connectivity index (χ1v) is 6.24. The number of aliphatic hydroxyl groups is 1. The monoisotopic (exact) mass is 268 g/mol. The van der Waals surface area contributed by atoms with E-state index in [1.165, 1.54) is 18.9 Å². The summed E-state index contributed by atoms with van der Waals surface area (Å²) in [7, 11) is 1.51. The Morgan fingerprint density at radius 3 is 3.17 bits per heavy atom.